The smallest absolute Gasteiger partial charge is 0.316 e. The normalized spacial score (nSPS) is 12.3. The van der Waals surface area contributed by atoms with Crippen LogP contribution in [0.2, 0.25) is 0 Å². The number of halogens is 1. The summed E-state index contributed by atoms with van der Waals surface area (Å²) in [5.41, 5.74) is -0.623. The van der Waals surface area contributed by atoms with Gasteiger partial charge in [0, 0.05) is 0 Å². The fraction of sp³-hybridized carbons (Fsp3) is 1.00. The Balaban J connectivity index is 0. The Hall–Kier alpha value is 1.02. The first-order chi connectivity index (χ1) is 4.77. The molecule has 0 aromatic rings. The van der Waals surface area contributed by atoms with E-state index >= 15 is 0 Å². The molecule has 11 heavy (non-hydrogen) atoms. The molecule has 0 bridgehead atoms. The van der Waals surface area contributed by atoms with Crippen molar-refractivity contribution in [1.82, 2.24) is 0 Å². The summed E-state index contributed by atoms with van der Waals surface area (Å²) in [5, 5.41) is 8.67. The van der Waals surface area contributed by atoms with Gasteiger partial charge in [-0.3, -0.25) is 0 Å². The molecule has 1 unspecified atom stereocenters. The van der Waals surface area contributed by atoms with Crippen LogP contribution in [0.4, 0.5) is 0 Å². The van der Waals surface area contributed by atoms with Gasteiger partial charge in [0.1, 0.15) is 5.56 Å². The van der Waals surface area contributed by atoms with Crippen LogP contribution in [-0.2, 0) is 0 Å². The molecule has 3 heteroatoms. The number of rotatable bonds is 6. The molecule has 0 rings (SSSR count). The Kier molecular flexibility index (Phi) is 14.6. The first kappa shape index (κ1) is 14.5. The van der Waals surface area contributed by atoms with E-state index in [4.69, 9.17) is 16.7 Å². The van der Waals surface area contributed by atoms with E-state index in [1.807, 2.05) is 0 Å². The Morgan fingerprint density at radius 3 is 2.18 bits per heavy atom. The van der Waals surface area contributed by atoms with E-state index in [0.717, 1.165) is 12.8 Å². The van der Waals surface area contributed by atoms with Gasteiger partial charge in [0.15, 0.2) is 0 Å². The van der Waals surface area contributed by atoms with Crippen molar-refractivity contribution in [2.75, 3.05) is 0 Å². The Labute approximate surface area is 90.7 Å². The predicted molar refractivity (Wildman–Crippen MR) is 53.8 cm³/mol. The van der Waals surface area contributed by atoms with Crippen molar-refractivity contribution in [3.05, 3.63) is 0 Å². The second kappa shape index (κ2) is 11.0. The topological polar surface area (TPSA) is 20.2 Å². The van der Waals surface area contributed by atoms with Crippen molar-refractivity contribution < 1.29 is 5.11 Å². The summed E-state index contributed by atoms with van der Waals surface area (Å²) in [6, 6.07) is 0. The minimum absolute atomic E-state index is 0. The fourth-order valence-corrected chi connectivity index (χ4v) is 1.07. The van der Waals surface area contributed by atoms with Gasteiger partial charge in [-0.2, -0.15) is 0 Å². The first-order valence-electron chi connectivity index (χ1n) is 4.09. The first-order valence-corrected chi connectivity index (χ1v) is 4.53. The summed E-state index contributed by atoms with van der Waals surface area (Å²) in [6.07, 6.45) is 6.86. The van der Waals surface area contributed by atoms with Crippen molar-refractivity contribution >= 4 is 34.7 Å². The molecule has 0 aromatic heterocycles. The number of alkyl halides is 1. The van der Waals surface area contributed by atoms with E-state index in [2.05, 4.69) is 6.92 Å². The summed E-state index contributed by atoms with van der Waals surface area (Å²) in [6.45, 7) is 2.19. The molecule has 0 aliphatic carbocycles. The minimum atomic E-state index is -0.623. The Bertz CT molecular complexity index is 69.1. The average molecular weight is 191 g/mol. The molecule has 0 fully saturated rings. The average Bonchev–Trinajstić information content (AvgIpc) is 1.87. The highest BCUT2D eigenvalue weighted by atomic mass is 35.5. The van der Waals surface area contributed by atoms with Gasteiger partial charge in [-0.15, -0.1) is 0 Å². The molecule has 1 N–H and O–H groups in total. The van der Waals surface area contributed by atoms with E-state index in [0.29, 0.717) is 0 Å². The quantitative estimate of drug-likeness (QED) is 0.386. The van der Waals surface area contributed by atoms with E-state index in [9.17, 15) is 0 Å². The van der Waals surface area contributed by atoms with Gasteiger partial charge in [-0.1, -0.05) is 44.2 Å². The van der Waals surface area contributed by atoms with Crippen LogP contribution in [0.15, 0.2) is 0 Å². The van der Waals surface area contributed by atoms with Crippen LogP contribution >= 0.6 is 11.6 Å². The van der Waals surface area contributed by atoms with Gasteiger partial charge in [0.2, 0.25) is 0 Å². The van der Waals surface area contributed by atoms with Gasteiger partial charge in [0.25, 0.3) is 0 Å². The van der Waals surface area contributed by atoms with Gasteiger partial charge in [-0.25, -0.2) is 0 Å². The highest BCUT2D eigenvalue weighted by Gasteiger charge is 1.95. The Morgan fingerprint density at radius 2 is 1.73 bits per heavy atom. The third-order valence-corrected chi connectivity index (χ3v) is 1.76. The lowest BCUT2D eigenvalue weighted by atomic mass is 10.1. The van der Waals surface area contributed by atoms with Crippen molar-refractivity contribution in [1.29, 1.82) is 0 Å². The summed E-state index contributed by atoms with van der Waals surface area (Å²) < 4.78 is 0. The van der Waals surface area contributed by atoms with Crippen LogP contribution in [0.1, 0.15) is 45.4 Å². The largest absolute Gasteiger partial charge is 0.378 e. The van der Waals surface area contributed by atoms with Crippen LogP contribution < -0.4 is 0 Å². The van der Waals surface area contributed by atoms with E-state index in [-0.39, 0.29) is 23.1 Å². The molecule has 0 radical (unpaired) electrons. The molecule has 0 aromatic carbocycles. The number of aliphatic hydroxyl groups is 1. The number of hydrogen-bond donors (Lipinski definition) is 1. The maximum Gasteiger partial charge on any atom is 0.316 e. The number of aliphatic hydroxyl groups excluding tert-OH is 1. The fourth-order valence-electron chi connectivity index (χ4n) is 0.916. The molecule has 0 amide bonds. The van der Waals surface area contributed by atoms with Crippen molar-refractivity contribution in [3.63, 3.8) is 0 Å². The van der Waals surface area contributed by atoms with Crippen molar-refractivity contribution in [2.45, 2.75) is 51.0 Å². The van der Waals surface area contributed by atoms with Gasteiger partial charge in [-0.05, 0) is 12.8 Å². The van der Waals surface area contributed by atoms with E-state index in [1.165, 1.54) is 25.7 Å². The molecule has 0 aliphatic heterocycles. The van der Waals surface area contributed by atoms with Gasteiger partial charge in [0.05, 0.1) is 0 Å². The predicted octanol–water partition coefficient (Wildman–Crippen LogP) is 1.99. The monoisotopic (exact) mass is 190 g/mol. The summed E-state index contributed by atoms with van der Waals surface area (Å²) in [7, 11) is 0. The molecule has 0 spiro atoms. The number of unbranched alkanes of at least 4 members (excludes halogenated alkanes) is 4. The third-order valence-electron chi connectivity index (χ3n) is 1.55. The zero-order chi connectivity index (χ0) is 7.82. The molecule has 0 aliphatic rings. The second-order valence-electron chi connectivity index (χ2n) is 2.64. The molecular weight excluding hydrogens is 172 g/mol. The molecule has 0 saturated carbocycles. The molecule has 1 atom stereocenters. The summed E-state index contributed by atoms with van der Waals surface area (Å²) in [4.78, 5) is 0. The maximum atomic E-state index is 8.67. The summed E-state index contributed by atoms with van der Waals surface area (Å²) in [5.74, 6) is 0. The third kappa shape index (κ3) is 13.9. The van der Waals surface area contributed by atoms with Crippen LogP contribution in [-0.4, -0.2) is 33.7 Å². The van der Waals surface area contributed by atoms with E-state index < -0.39 is 5.56 Å². The lowest BCUT2D eigenvalue weighted by molar-refractivity contribution is 0.240. The van der Waals surface area contributed by atoms with E-state index in [1.54, 1.807) is 0 Å². The lowest BCUT2D eigenvalue weighted by Crippen LogP contribution is -1.94. The minimum Gasteiger partial charge on any atom is -0.378 e. The van der Waals surface area contributed by atoms with Crippen LogP contribution in [0.5, 0.6) is 0 Å². The second-order valence-corrected chi connectivity index (χ2v) is 3.14. The van der Waals surface area contributed by atoms with Crippen LogP contribution in [0, 0.1) is 0 Å². The zero-order valence-electron chi connectivity index (χ0n) is 6.65. The Morgan fingerprint density at radius 1 is 1.18 bits per heavy atom. The SMILES string of the molecule is CCCCCCCC(O)Cl.[MgH2]. The highest BCUT2D eigenvalue weighted by Crippen LogP contribution is 2.08. The molecule has 1 nitrogen and oxygen atoms in total. The standard InChI is InChI=1S/C8H17ClO.Mg.2H/c1-2-3-4-5-6-7-8(9)10;;;/h8,10H,2-7H2,1H3;;;. The van der Waals surface area contributed by atoms with Crippen LogP contribution in [0.25, 0.3) is 0 Å². The number of hydrogen-bond acceptors (Lipinski definition) is 1. The van der Waals surface area contributed by atoms with Crippen molar-refractivity contribution in [2.24, 2.45) is 0 Å². The molecule has 66 valence electrons. The highest BCUT2D eigenvalue weighted by molar-refractivity contribution is 6.19. The molecular formula is C8H19ClMgO. The summed E-state index contributed by atoms with van der Waals surface area (Å²) >= 11 is 5.35. The maximum absolute atomic E-state index is 8.67. The van der Waals surface area contributed by atoms with Gasteiger partial charge >= 0.3 is 23.1 Å². The molecule has 0 heterocycles. The molecule has 0 saturated heterocycles. The lowest BCUT2D eigenvalue weighted by Gasteiger charge is -2.00. The van der Waals surface area contributed by atoms with Gasteiger partial charge < -0.3 is 5.11 Å². The zero-order valence-corrected chi connectivity index (χ0v) is 7.40. The van der Waals surface area contributed by atoms with Crippen LogP contribution in [0.3, 0.4) is 0 Å². The van der Waals surface area contributed by atoms with Crippen molar-refractivity contribution in [3.8, 4) is 0 Å².